The molecule has 4 nitrogen and oxygen atoms in total. The van der Waals surface area contributed by atoms with Crippen LogP contribution in [0.5, 0.6) is 0 Å². The van der Waals surface area contributed by atoms with E-state index in [0.717, 1.165) is 13.0 Å². The Labute approximate surface area is 125 Å². The molecule has 1 N–H and O–H groups in total. The SMILES string of the molecule is Cc1ccc([C@@H](C)N(C)C[C@@H](O)CN2CCCC2=O)s1. The molecule has 0 aliphatic carbocycles. The molecule has 2 heterocycles. The number of hydrogen-bond acceptors (Lipinski definition) is 4. The third kappa shape index (κ3) is 3.81. The highest BCUT2D eigenvalue weighted by Crippen LogP contribution is 2.26. The normalized spacial score (nSPS) is 18.9. The van der Waals surface area contributed by atoms with Crippen molar-refractivity contribution in [1.82, 2.24) is 9.80 Å². The molecule has 1 aliphatic heterocycles. The molecule has 1 aromatic heterocycles. The van der Waals surface area contributed by atoms with Crippen LogP contribution < -0.4 is 0 Å². The third-order valence-corrected chi connectivity index (χ3v) is 5.11. The van der Waals surface area contributed by atoms with E-state index in [9.17, 15) is 9.90 Å². The third-order valence-electron chi connectivity index (χ3n) is 3.94. The molecule has 0 bridgehead atoms. The minimum Gasteiger partial charge on any atom is -0.390 e. The first-order valence-electron chi connectivity index (χ1n) is 7.20. The van der Waals surface area contributed by atoms with Gasteiger partial charge in [0.15, 0.2) is 0 Å². The summed E-state index contributed by atoms with van der Waals surface area (Å²) in [6.07, 6.45) is 1.07. The maximum atomic E-state index is 11.6. The Morgan fingerprint density at radius 1 is 1.50 bits per heavy atom. The van der Waals surface area contributed by atoms with E-state index < -0.39 is 6.10 Å². The van der Waals surface area contributed by atoms with Crippen LogP contribution in [-0.2, 0) is 4.79 Å². The molecule has 112 valence electrons. The molecule has 5 heteroatoms. The van der Waals surface area contributed by atoms with Gasteiger partial charge in [-0.1, -0.05) is 0 Å². The summed E-state index contributed by atoms with van der Waals surface area (Å²) in [6, 6.07) is 4.57. The molecule has 0 saturated carbocycles. The van der Waals surface area contributed by atoms with Crippen LogP contribution in [0.1, 0.15) is 35.6 Å². The van der Waals surface area contributed by atoms with Gasteiger partial charge in [-0.25, -0.2) is 0 Å². The number of hydrogen-bond donors (Lipinski definition) is 1. The quantitative estimate of drug-likeness (QED) is 0.873. The van der Waals surface area contributed by atoms with Gasteiger partial charge in [-0.3, -0.25) is 9.69 Å². The first-order chi connectivity index (χ1) is 9.47. The van der Waals surface area contributed by atoms with Crippen molar-refractivity contribution in [3.8, 4) is 0 Å². The minimum absolute atomic E-state index is 0.175. The minimum atomic E-state index is -0.481. The number of likely N-dealkylation sites (tertiary alicyclic amines) is 1. The second kappa shape index (κ2) is 6.70. The van der Waals surface area contributed by atoms with E-state index in [4.69, 9.17) is 0 Å². The number of likely N-dealkylation sites (N-methyl/N-ethyl adjacent to an activating group) is 1. The number of rotatable bonds is 6. The van der Waals surface area contributed by atoms with Gasteiger partial charge >= 0.3 is 0 Å². The summed E-state index contributed by atoms with van der Waals surface area (Å²) in [4.78, 5) is 18.1. The first kappa shape index (κ1) is 15.5. The van der Waals surface area contributed by atoms with Crippen molar-refractivity contribution in [2.45, 2.75) is 38.8 Å². The smallest absolute Gasteiger partial charge is 0.222 e. The van der Waals surface area contributed by atoms with Crippen LogP contribution >= 0.6 is 11.3 Å². The van der Waals surface area contributed by atoms with Crippen LogP contribution in [0.25, 0.3) is 0 Å². The van der Waals surface area contributed by atoms with Crippen molar-refractivity contribution >= 4 is 17.2 Å². The number of amides is 1. The number of aliphatic hydroxyl groups excluding tert-OH is 1. The predicted octanol–water partition coefficient (Wildman–Crippen LogP) is 2.03. The average Bonchev–Trinajstić information content (AvgIpc) is 2.98. The lowest BCUT2D eigenvalue weighted by Crippen LogP contribution is -2.40. The van der Waals surface area contributed by atoms with E-state index in [-0.39, 0.29) is 11.9 Å². The summed E-state index contributed by atoms with van der Waals surface area (Å²) in [6.45, 7) is 6.09. The predicted molar refractivity (Wildman–Crippen MR) is 81.9 cm³/mol. The Hall–Kier alpha value is -0.910. The Morgan fingerprint density at radius 3 is 2.80 bits per heavy atom. The van der Waals surface area contributed by atoms with Gasteiger partial charge in [-0.2, -0.15) is 0 Å². The summed E-state index contributed by atoms with van der Waals surface area (Å²) in [5.74, 6) is 0.175. The summed E-state index contributed by atoms with van der Waals surface area (Å²) in [5, 5.41) is 10.2. The molecule has 0 spiro atoms. The Bertz CT molecular complexity index is 460. The maximum absolute atomic E-state index is 11.6. The average molecular weight is 296 g/mol. The lowest BCUT2D eigenvalue weighted by Gasteiger charge is -2.28. The van der Waals surface area contributed by atoms with Gasteiger partial charge in [0.1, 0.15) is 0 Å². The summed E-state index contributed by atoms with van der Waals surface area (Å²) < 4.78 is 0. The molecule has 1 fully saturated rings. The van der Waals surface area contributed by atoms with E-state index in [1.807, 2.05) is 7.05 Å². The van der Waals surface area contributed by atoms with Gasteiger partial charge in [-0.05, 0) is 39.4 Å². The number of carbonyl (C=O) groups excluding carboxylic acids is 1. The lowest BCUT2D eigenvalue weighted by atomic mass is 10.2. The van der Waals surface area contributed by atoms with E-state index in [2.05, 4.69) is 30.9 Å². The number of aliphatic hydroxyl groups is 1. The Kier molecular flexibility index (Phi) is 5.18. The molecule has 1 amide bonds. The van der Waals surface area contributed by atoms with Crippen molar-refractivity contribution < 1.29 is 9.90 Å². The van der Waals surface area contributed by atoms with Crippen molar-refractivity contribution in [3.05, 3.63) is 21.9 Å². The second-order valence-corrected chi connectivity index (χ2v) is 6.98. The molecular formula is C15H24N2O2S. The van der Waals surface area contributed by atoms with E-state index in [0.29, 0.717) is 19.5 Å². The van der Waals surface area contributed by atoms with Crippen LogP contribution in [0, 0.1) is 6.92 Å². The van der Waals surface area contributed by atoms with Crippen LogP contribution in [0.2, 0.25) is 0 Å². The summed E-state index contributed by atoms with van der Waals surface area (Å²) >= 11 is 1.80. The molecule has 0 radical (unpaired) electrons. The summed E-state index contributed by atoms with van der Waals surface area (Å²) in [7, 11) is 2.02. The molecule has 20 heavy (non-hydrogen) atoms. The first-order valence-corrected chi connectivity index (χ1v) is 8.01. The largest absolute Gasteiger partial charge is 0.390 e. The zero-order chi connectivity index (χ0) is 14.7. The van der Waals surface area contributed by atoms with Gasteiger partial charge in [0, 0.05) is 41.9 Å². The number of β-amino-alcohol motifs (C(OH)–C–C–N with tert-alkyl or cyclic N) is 1. The van der Waals surface area contributed by atoms with E-state index in [1.165, 1.54) is 9.75 Å². The molecule has 1 saturated heterocycles. The number of thiophene rings is 1. The molecule has 1 aliphatic rings. The highest BCUT2D eigenvalue weighted by Gasteiger charge is 2.24. The lowest BCUT2D eigenvalue weighted by molar-refractivity contribution is -0.129. The highest BCUT2D eigenvalue weighted by molar-refractivity contribution is 7.12. The van der Waals surface area contributed by atoms with Gasteiger partial charge in [0.2, 0.25) is 5.91 Å². The molecule has 2 atom stereocenters. The molecular weight excluding hydrogens is 272 g/mol. The molecule has 0 aromatic carbocycles. The van der Waals surface area contributed by atoms with Gasteiger partial charge in [0.25, 0.3) is 0 Å². The topological polar surface area (TPSA) is 43.8 Å². The van der Waals surface area contributed by atoms with Gasteiger partial charge < -0.3 is 10.0 Å². The second-order valence-electron chi connectivity index (χ2n) is 5.66. The standard InChI is InChI=1S/C15H24N2O2S/c1-11-6-7-14(20-11)12(2)16(3)9-13(18)10-17-8-4-5-15(17)19/h6-7,12-13,18H,4-5,8-10H2,1-3H3/t12-,13-/m1/s1. The van der Waals surface area contributed by atoms with Crippen molar-refractivity contribution in [2.24, 2.45) is 0 Å². The van der Waals surface area contributed by atoms with Crippen molar-refractivity contribution in [2.75, 3.05) is 26.7 Å². The number of carbonyl (C=O) groups is 1. The van der Waals surface area contributed by atoms with Crippen LogP contribution in [-0.4, -0.2) is 53.6 Å². The van der Waals surface area contributed by atoms with Gasteiger partial charge in [0.05, 0.1) is 6.10 Å². The summed E-state index contributed by atoms with van der Waals surface area (Å²) in [5.41, 5.74) is 0. The van der Waals surface area contributed by atoms with Gasteiger partial charge in [-0.15, -0.1) is 11.3 Å². The van der Waals surface area contributed by atoms with Crippen molar-refractivity contribution in [1.29, 1.82) is 0 Å². The fourth-order valence-electron chi connectivity index (χ4n) is 2.59. The van der Waals surface area contributed by atoms with E-state index in [1.54, 1.807) is 16.2 Å². The number of nitrogens with zero attached hydrogens (tertiary/aromatic N) is 2. The van der Waals surface area contributed by atoms with Crippen molar-refractivity contribution in [3.63, 3.8) is 0 Å². The Morgan fingerprint density at radius 2 is 2.25 bits per heavy atom. The maximum Gasteiger partial charge on any atom is 0.222 e. The molecule has 1 aromatic rings. The zero-order valence-electron chi connectivity index (χ0n) is 12.5. The van der Waals surface area contributed by atoms with E-state index >= 15 is 0 Å². The van der Waals surface area contributed by atoms with Crippen LogP contribution in [0.3, 0.4) is 0 Å². The monoisotopic (exact) mass is 296 g/mol. The molecule has 0 unspecified atom stereocenters. The zero-order valence-corrected chi connectivity index (χ0v) is 13.3. The molecule has 2 rings (SSSR count). The fraction of sp³-hybridized carbons (Fsp3) is 0.667. The Balaban J connectivity index is 1.83. The van der Waals surface area contributed by atoms with Crippen LogP contribution in [0.4, 0.5) is 0 Å². The highest BCUT2D eigenvalue weighted by atomic mass is 32.1. The fourth-order valence-corrected chi connectivity index (χ4v) is 3.59. The van der Waals surface area contributed by atoms with Crippen LogP contribution in [0.15, 0.2) is 12.1 Å². The number of aryl methyl sites for hydroxylation is 1.